The average Bonchev–Trinajstić information content (AvgIpc) is 2.66. The number of alkyl halides is 3. The number of hydrogen-bond donors (Lipinski definition) is 3. The Labute approximate surface area is 172 Å². The SMILES string of the molecule is Cc1ccc(C(=O)[C@H]2[C@H](c3ccc(C(C)C)cc3)NC(=O)N[C@@]2(O)C(F)(F)F)cc1. The zero-order valence-electron chi connectivity index (χ0n) is 16.7. The summed E-state index contributed by atoms with van der Waals surface area (Å²) < 4.78 is 41.7. The molecule has 30 heavy (non-hydrogen) atoms. The van der Waals surface area contributed by atoms with Crippen LogP contribution in [0, 0.1) is 12.8 Å². The summed E-state index contributed by atoms with van der Waals surface area (Å²) in [6.45, 7) is 5.71. The summed E-state index contributed by atoms with van der Waals surface area (Å²) in [5, 5.41) is 14.5. The Balaban J connectivity index is 2.13. The third-order valence-corrected chi connectivity index (χ3v) is 5.39. The van der Waals surface area contributed by atoms with E-state index in [-0.39, 0.29) is 11.5 Å². The van der Waals surface area contributed by atoms with E-state index in [1.165, 1.54) is 17.4 Å². The van der Waals surface area contributed by atoms with Gasteiger partial charge in [0.15, 0.2) is 5.78 Å². The van der Waals surface area contributed by atoms with Crippen molar-refractivity contribution in [3.05, 3.63) is 70.8 Å². The van der Waals surface area contributed by atoms with Crippen molar-refractivity contribution in [3.63, 3.8) is 0 Å². The van der Waals surface area contributed by atoms with E-state index in [0.717, 1.165) is 11.1 Å². The van der Waals surface area contributed by atoms with Crippen LogP contribution >= 0.6 is 0 Å². The number of Topliss-reactive ketones (excluding diaryl/α,β-unsaturated/α-hetero) is 1. The average molecular weight is 420 g/mol. The lowest BCUT2D eigenvalue weighted by Gasteiger charge is -2.45. The van der Waals surface area contributed by atoms with Crippen LogP contribution in [-0.2, 0) is 0 Å². The molecule has 2 aromatic rings. The Hall–Kier alpha value is -2.87. The summed E-state index contributed by atoms with van der Waals surface area (Å²) in [5.41, 5.74) is -1.64. The smallest absolute Gasteiger partial charge is 0.363 e. The number of urea groups is 1. The molecule has 0 saturated carbocycles. The highest BCUT2D eigenvalue weighted by molar-refractivity contribution is 6.00. The monoisotopic (exact) mass is 420 g/mol. The fourth-order valence-electron chi connectivity index (χ4n) is 3.60. The molecule has 8 heteroatoms. The zero-order chi connectivity index (χ0) is 22.3. The molecule has 0 aromatic heterocycles. The molecule has 3 atom stereocenters. The number of amides is 2. The number of rotatable bonds is 4. The van der Waals surface area contributed by atoms with Crippen molar-refractivity contribution < 1.29 is 27.9 Å². The van der Waals surface area contributed by atoms with Crippen LogP contribution in [0.1, 0.15) is 52.9 Å². The van der Waals surface area contributed by atoms with Gasteiger partial charge in [0.1, 0.15) is 5.92 Å². The Morgan fingerprint density at radius 3 is 2.13 bits per heavy atom. The fraction of sp³-hybridized carbons (Fsp3) is 0.364. The van der Waals surface area contributed by atoms with Gasteiger partial charge in [-0.1, -0.05) is 67.9 Å². The second-order valence-corrected chi connectivity index (χ2v) is 7.87. The van der Waals surface area contributed by atoms with Crippen molar-refractivity contribution >= 4 is 11.8 Å². The summed E-state index contributed by atoms with van der Waals surface area (Å²) in [4.78, 5) is 25.2. The molecule has 1 aliphatic heterocycles. The number of carbonyl (C=O) groups is 2. The first-order valence-corrected chi connectivity index (χ1v) is 9.52. The molecular weight excluding hydrogens is 397 g/mol. The first kappa shape index (κ1) is 21.8. The fourth-order valence-corrected chi connectivity index (χ4v) is 3.60. The lowest BCUT2D eigenvalue weighted by Crippen LogP contribution is -2.72. The highest BCUT2D eigenvalue weighted by Gasteiger charge is 2.66. The normalized spacial score (nSPS) is 24.3. The maximum Gasteiger partial charge on any atom is 0.437 e. The first-order valence-electron chi connectivity index (χ1n) is 9.52. The van der Waals surface area contributed by atoms with Crippen LogP contribution in [0.4, 0.5) is 18.0 Å². The van der Waals surface area contributed by atoms with Gasteiger partial charge in [-0.15, -0.1) is 0 Å². The van der Waals surface area contributed by atoms with Gasteiger partial charge in [-0.3, -0.25) is 4.79 Å². The Kier molecular flexibility index (Phi) is 5.64. The molecule has 1 heterocycles. The van der Waals surface area contributed by atoms with Crippen LogP contribution in [0.3, 0.4) is 0 Å². The molecule has 3 rings (SSSR count). The minimum atomic E-state index is -5.27. The quantitative estimate of drug-likeness (QED) is 0.648. The molecule has 1 saturated heterocycles. The molecule has 5 nitrogen and oxygen atoms in total. The first-order chi connectivity index (χ1) is 13.9. The molecular formula is C22H23F3N2O3. The Morgan fingerprint density at radius 2 is 1.63 bits per heavy atom. The largest absolute Gasteiger partial charge is 0.437 e. The maximum absolute atomic E-state index is 13.9. The second-order valence-electron chi connectivity index (χ2n) is 7.87. The highest BCUT2D eigenvalue weighted by Crippen LogP contribution is 2.44. The second kappa shape index (κ2) is 7.75. The lowest BCUT2D eigenvalue weighted by molar-refractivity contribution is -0.287. The van der Waals surface area contributed by atoms with E-state index in [4.69, 9.17) is 0 Å². The van der Waals surface area contributed by atoms with E-state index >= 15 is 0 Å². The number of carbonyl (C=O) groups excluding carboxylic acids is 2. The molecule has 3 N–H and O–H groups in total. The molecule has 0 spiro atoms. The molecule has 0 bridgehead atoms. The third kappa shape index (κ3) is 3.92. The van der Waals surface area contributed by atoms with E-state index < -0.39 is 35.7 Å². The van der Waals surface area contributed by atoms with Gasteiger partial charge in [-0.05, 0) is 24.0 Å². The molecule has 0 radical (unpaired) electrons. The van der Waals surface area contributed by atoms with Gasteiger partial charge in [-0.25, -0.2) is 4.79 Å². The van der Waals surface area contributed by atoms with Gasteiger partial charge < -0.3 is 15.7 Å². The number of ketones is 1. The van der Waals surface area contributed by atoms with E-state index in [9.17, 15) is 27.9 Å². The van der Waals surface area contributed by atoms with Crippen LogP contribution in [0.25, 0.3) is 0 Å². The van der Waals surface area contributed by atoms with E-state index in [2.05, 4.69) is 5.32 Å². The van der Waals surface area contributed by atoms with Crippen molar-refractivity contribution in [2.75, 3.05) is 0 Å². The van der Waals surface area contributed by atoms with Crippen molar-refractivity contribution in [1.82, 2.24) is 10.6 Å². The summed E-state index contributed by atoms with van der Waals surface area (Å²) in [6, 6.07) is 10.0. The van der Waals surface area contributed by atoms with Crippen LogP contribution in [-0.4, -0.2) is 28.8 Å². The Bertz CT molecular complexity index is 940. The number of hydrogen-bond acceptors (Lipinski definition) is 3. The minimum absolute atomic E-state index is 0.00928. The van der Waals surface area contributed by atoms with E-state index in [0.29, 0.717) is 5.56 Å². The zero-order valence-corrected chi connectivity index (χ0v) is 16.7. The molecule has 0 aliphatic carbocycles. The van der Waals surface area contributed by atoms with Crippen molar-refractivity contribution in [2.24, 2.45) is 5.92 Å². The van der Waals surface area contributed by atoms with Crippen molar-refractivity contribution in [1.29, 1.82) is 0 Å². The molecule has 2 amide bonds. The predicted octanol–water partition coefficient (Wildman–Crippen LogP) is 4.22. The topological polar surface area (TPSA) is 78.4 Å². The van der Waals surface area contributed by atoms with Gasteiger partial charge in [0, 0.05) is 5.56 Å². The number of benzene rings is 2. The van der Waals surface area contributed by atoms with Gasteiger partial charge in [-0.2, -0.15) is 13.2 Å². The summed E-state index contributed by atoms with van der Waals surface area (Å²) in [6.07, 6.45) is -5.27. The van der Waals surface area contributed by atoms with E-state index in [1.807, 2.05) is 13.8 Å². The molecule has 1 fully saturated rings. The van der Waals surface area contributed by atoms with Gasteiger partial charge in [0.05, 0.1) is 6.04 Å². The molecule has 1 aliphatic rings. The molecule has 2 aromatic carbocycles. The molecule has 0 unspecified atom stereocenters. The van der Waals surface area contributed by atoms with E-state index in [1.54, 1.807) is 43.3 Å². The van der Waals surface area contributed by atoms with Crippen LogP contribution < -0.4 is 10.6 Å². The van der Waals surface area contributed by atoms with Crippen LogP contribution in [0.15, 0.2) is 48.5 Å². The minimum Gasteiger partial charge on any atom is -0.363 e. The van der Waals surface area contributed by atoms with Gasteiger partial charge >= 0.3 is 12.2 Å². The number of halogens is 3. The number of nitrogens with one attached hydrogen (secondary N) is 2. The van der Waals surface area contributed by atoms with Crippen LogP contribution in [0.2, 0.25) is 0 Å². The lowest BCUT2D eigenvalue weighted by atomic mass is 9.77. The molecule has 160 valence electrons. The van der Waals surface area contributed by atoms with Gasteiger partial charge in [0.25, 0.3) is 0 Å². The number of aliphatic hydroxyl groups is 1. The Morgan fingerprint density at radius 1 is 1.07 bits per heavy atom. The van der Waals surface area contributed by atoms with Crippen molar-refractivity contribution in [2.45, 2.75) is 44.6 Å². The summed E-state index contributed by atoms with van der Waals surface area (Å²) >= 11 is 0. The number of aryl methyl sites for hydroxylation is 1. The third-order valence-electron chi connectivity index (χ3n) is 5.39. The summed E-state index contributed by atoms with van der Waals surface area (Å²) in [7, 11) is 0. The summed E-state index contributed by atoms with van der Waals surface area (Å²) in [5.74, 6) is -2.76. The maximum atomic E-state index is 13.9. The predicted molar refractivity (Wildman–Crippen MR) is 105 cm³/mol. The van der Waals surface area contributed by atoms with Gasteiger partial charge in [0.2, 0.25) is 5.72 Å². The van der Waals surface area contributed by atoms with Crippen molar-refractivity contribution in [3.8, 4) is 0 Å². The standard InChI is InChI=1S/C22H23F3N2O3/c1-12(2)14-8-10-15(11-9-14)18-17(19(28)16-6-4-13(3)5-7-16)21(30,22(23,24)25)27-20(29)26-18/h4-12,17-18,30H,1-3H3,(H2,26,27,29)/t17-,18+,21+/m1/s1. The highest BCUT2D eigenvalue weighted by atomic mass is 19.4. The van der Waals surface area contributed by atoms with Crippen LogP contribution in [0.5, 0.6) is 0 Å².